The van der Waals surface area contributed by atoms with Crippen molar-refractivity contribution in [2.24, 2.45) is 0 Å². The number of imidazole rings is 1. The third kappa shape index (κ3) is 2.27. The molecule has 0 aliphatic rings. The Labute approximate surface area is 144 Å². The Morgan fingerprint density at radius 3 is 2.56 bits per heavy atom. The Bertz CT molecular complexity index is 1200. The number of benzene rings is 2. The molecule has 0 bridgehead atoms. The molecule has 0 aliphatic heterocycles. The third-order valence-corrected chi connectivity index (χ3v) is 4.19. The van der Waals surface area contributed by atoms with Crippen LogP contribution in [0.4, 0.5) is 11.5 Å². The number of nitrogens with one attached hydrogen (secondary N) is 1. The maximum absolute atomic E-state index is 9.54. The van der Waals surface area contributed by atoms with Gasteiger partial charge in [-0.3, -0.25) is 4.40 Å². The summed E-state index contributed by atoms with van der Waals surface area (Å²) >= 11 is 0. The molecule has 0 saturated heterocycles. The second-order valence-electron chi connectivity index (χ2n) is 5.74. The van der Waals surface area contributed by atoms with Gasteiger partial charge >= 0.3 is 0 Å². The smallest absolute Gasteiger partial charge is 0.157 e. The second-order valence-corrected chi connectivity index (χ2v) is 5.74. The molecule has 0 atom stereocenters. The Kier molecular flexibility index (Phi) is 3.34. The molecule has 1 N–H and O–H groups in total. The van der Waals surface area contributed by atoms with Gasteiger partial charge in [-0.15, -0.1) is 0 Å². The highest BCUT2D eigenvalue weighted by atomic mass is 15.1. The highest BCUT2D eigenvalue weighted by Gasteiger charge is 2.15. The zero-order chi connectivity index (χ0) is 17.4. The summed E-state index contributed by atoms with van der Waals surface area (Å²) in [6, 6.07) is 21.4. The van der Waals surface area contributed by atoms with Gasteiger partial charge in [-0.1, -0.05) is 24.3 Å². The van der Waals surface area contributed by atoms with Gasteiger partial charge in [0.1, 0.15) is 18.0 Å². The summed E-state index contributed by atoms with van der Waals surface area (Å²) < 4.78 is 1.93. The summed E-state index contributed by atoms with van der Waals surface area (Å²) in [5.41, 5.74) is 5.00. The molecule has 0 amide bonds. The van der Waals surface area contributed by atoms with Crippen LogP contribution in [0.3, 0.4) is 0 Å². The summed E-state index contributed by atoms with van der Waals surface area (Å²) in [7, 11) is 0. The summed E-state index contributed by atoms with van der Waals surface area (Å²) in [4.78, 5) is 4.63. The number of hydrogen-bond acceptors (Lipinski definition) is 4. The first-order valence-electron chi connectivity index (χ1n) is 7.80. The van der Waals surface area contributed by atoms with Gasteiger partial charge in [0.2, 0.25) is 0 Å². The number of nitrogens with zero attached hydrogens (tertiary/aromatic N) is 4. The molecule has 4 aromatic rings. The van der Waals surface area contributed by atoms with E-state index >= 15 is 0 Å². The van der Waals surface area contributed by atoms with E-state index in [2.05, 4.69) is 22.4 Å². The summed E-state index contributed by atoms with van der Waals surface area (Å²) in [6.45, 7) is 1.89. The standard InChI is InChI=1S/C20H13N5/c1-13-10-19(23-16-7-3-2-6-14(16)11-21)25-18-9-5-4-8-17(18)24-20(25)15(13)12-22/h2-10,23H,1H3. The van der Waals surface area contributed by atoms with E-state index in [0.29, 0.717) is 22.5 Å². The summed E-state index contributed by atoms with van der Waals surface area (Å²) in [5, 5.41) is 22.2. The maximum Gasteiger partial charge on any atom is 0.157 e. The highest BCUT2D eigenvalue weighted by Crippen LogP contribution is 2.29. The first kappa shape index (κ1) is 14.7. The van der Waals surface area contributed by atoms with Crippen molar-refractivity contribution in [3.8, 4) is 12.1 Å². The Morgan fingerprint density at radius 2 is 1.76 bits per heavy atom. The lowest BCUT2D eigenvalue weighted by molar-refractivity contribution is 1.19. The normalized spacial score (nSPS) is 10.5. The van der Waals surface area contributed by atoms with Crippen LogP contribution < -0.4 is 5.32 Å². The lowest BCUT2D eigenvalue weighted by Gasteiger charge is -2.13. The minimum Gasteiger partial charge on any atom is -0.340 e. The first-order valence-corrected chi connectivity index (χ1v) is 7.80. The molecule has 0 spiro atoms. The average Bonchev–Trinajstić information content (AvgIpc) is 3.01. The number of fused-ring (bicyclic) bond motifs is 3. The molecule has 2 aromatic carbocycles. The van der Waals surface area contributed by atoms with Crippen LogP contribution in [-0.2, 0) is 0 Å². The van der Waals surface area contributed by atoms with E-state index in [1.165, 1.54) is 0 Å². The Balaban J connectivity index is 2.04. The van der Waals surface area contributed by atoms with E-state index in [1.807, 2.05) is 59.9 Å². The topological polar surface area (TPSA) is 76.9 Å². The van der Waals surface area contributed by atoms with E-state index in [1.54, 1.807) is 6.07 Å². The second kappa shape index (κ2) is 5.67. The van der Waals surface area contributed by atoms with E-state index in [4.69, 9.17) is 0 Å². The monoisotopic (exact) mass is 323 g/mol. The molecule has 4 rings (SSSR count). The number of aryl methyl sites for hydroxylation is 1. The lowest BCUT2D eigenvalue weighted by Crippen LogP contribution is -2.03. The van der Waals surface area contributed by atoms with Crippen LogP contribution in [0.2, 0.25) is 0 Å². The fourth-order valence-corrected chi connectivity index (χ4v) is 3.01. The van der Waals surface area contributed by atoms with Gasteiger partial charge in [-0.05, 0) is 42.8 Å². The summed E-state index contributed by atoms with van der Waals surface area (Å²) in [6.07, 6.45) is 0. The molecule has 0 unspecified atom stereocenters. The molecule has 0 saturated carbocycles. The van der Waals surface area contributed by atoms with Gasteiger partial charge in [0, 0.05) is 0 Å². The Morgan fingerprint density at radius 1 is 1.00 bits per heavy atom. The number of hydrogen-bond donors (Lipinski definition) is 1. The van der Waals surface area contributed by atoms with Gasteiger partial charge in [0.05, 0.1) is 27.8 Å². The molecule has 25 heavy (non-hydrogen) atoms. The van der Waals surface area contributed by atoms with Crippen LogP contribution in [0.1, 0.15) is 16.7 Å². The van der Waals surface area contributed by atoms with Crippen molar-refractivity contribution in [2.75, 3.05) is 5.32 Å². The van der Waals surface area contributed by atoms with Gasteiger partial charge in [0.15, 0.2) is 5.65 Å². The number of aromatic nitrogens is 2. The SMILES string of the molecule is Cc1cc(Nc2ccccc2C#N)n2c(nc3ccccc32)c1C#N. The van der Waals surface area contributed by atoms with Crippen molar-refractivity contribution in [2.45, 2.75) is 6.92 Å². The molecule has 0 aliphatic carbocycles. The fourth-order valence-electron chi connectivity index (χ4n) is 3.01. The highest BCUT2D eigenvalue weighted by molar-refractivity contribution is 5.86. The van der Waals surface area contributed by atoms with Crippen molar-refractivity contribution in [1.29, 1.82) is 10.5 Å². The number of pyridine rings is 1. The van der Waals surface area contributed by atoms with Crippen LogP contribution in [0, 0.1) is 29.6 Å². The molecule has 0 radical (unpaired) electrons. The van der Waals surface area contributed by atoms with Gasteiger partial charge in [0.25, 0.3) is 0 Å². The number of rotatable bonds is 2. The quantitative estimate of drug-likeness (QED) is 0.597. The number of para-hydroxylation sites is 3. The lowest BCUT2D eigenvalue weighted by atomic mass is 10.1. The molecule has 5 nitrogen and oxygen atoms in total. The Hall–Kier alpha value is -3.83. The van der Waals surface area contributed by atoms with E-state index < -0.39 is 0 Å². The largest absolute Gasteiger partial charge is 0.340 e. The van der Waals surface area contributed by atoms with Crippen LogP contribution in [0.5, 0.6) is 0 Å². The molecule has 118 valence electrons. The van der Waals surface area contributed by atoms with E-state index in [9.17, 15) is 10.5 Å². The van der Waals surface area contributed by atoms with Crippen molar-refractivity contribution < 1.29 is 0 Å². The molecule has 2 heterocycles. The zero-order valence-electron chi connectivity index (χ0n) is 13.5. The molecule has 2 aromatic heterocycles. The van der Waals surface area contributed by atoms with Crippen LogP contribution >= 0.6 is 0 Å². The van der Waals surface area contributed by atoms with Crippen molar-refractivity contribution >= 4 is 28.2 Å². The molecular formula is C20H13N5. The maximum atomic E-state index is 9.54. The van der Waals surface area contributed by atoms with E-state index in [-0.39, 0.29) is 0 Å². The minimum absolute atomic E-state index is 0.551. The van der Waals surface area contributed by atoms with Crippen molar-refractivity contribution in [3.63, 3.8) is 0 Å². The first-order chi connectivity index (χ1) is 12.2. The van der Waals surface area contributed by atoms with E-state index in [0.717, 1.165) is 22.4 Å². The van der Waals surface area contributed by atoms with Gasteiger partial charge in [-0.2, -0.15) is 10.5 Å². The third-order valence-electron chi connectivity index (χ3n) is 4.19. The molecule has 5 heteroatoms. The van der Waals surface area contributed by atoms with Crippen LogP contribution in [0.15, 0.2) is 54.6 Å². The predicted octanol–water partition coefficient (Wildman–Crippen LogP) is 4.28. The average molecular weight is 323 g/mol. The number of anilines is 2. The molecule has 0 fully saturated rings. The summed E-state index contributed by atoms with van der Waals surface area (Å²) in [5.74, 6) is 0.767. The van der Waals surface area contributed by atoms with Crippen LogP contribution in [-0.4, -0.2) is 9.38 Å². The van der Waals surface area contributed by atoms with Gasteiger partial charge < -0.3 is 5.32 Å². The minimum atomic E-state index is 0.551. The molecular weight excluding hydrogens is 310 g/mol. The van der Waals surface area contributed by atoms with Crippen molar-refractivity contribution in [1.82, 2.24) is 9.38 Å². The van der Waals surface area contributed by atoms with Crippen molar-refractivity contribution in [3.05, 3.63) is 71.3 Å². The van der Waals surface area contributed by atoms with Crippen LogP contribution in [0.25, 0.3) is 16.7 Å². The van der Waals surface area contributed by atoms with Gasteiger partial charge in [-0.25, -0.2) is 4.98 Å². The fraction of sp³-hybridized carbons (Fsp3) is 0.0500. The predicted molar refractivity (Wildman–Crippen MR) is 96.6 cm³/mol. The number of nitriles is 2. The zero-order valence-corrected chi connectivity index (χ0v) is 13.5.